The monoisotopic (exact) mass is 279 g/mol. The number of ether oxygens (including phenoxy) is 1. The third-order valence-electron chi connectivity index (χ3n) is 2.29. The number of halogens is 2. The first-order chi connectivity index (χ1) is 9.13. The maximum atomic E-state index is 12.9. The van der Waals surface area contributed by atoms with Gasteiger partial charge in [-0.3, -0.25) is 4.79 Å². The molecule has 2 rings (SSSR count). The first-order valence-electron chi connectivity index (χ1n) is 5.57. The molecule has 0 fully saturated rings. The highest BCUT2D eigenvalue weighted by Crippen LogP contribution is 2.15. The molecule has 2 aromatic carbocycles. The van der Waals surface area contributed by atoms with Gasteiger partial charge in [-0.05, 0) is 42.5 Å². The van der Waals surface area contributed by atoms with Crippen LogP contribution in [0.4, 0.5) is 10.1 Å². The van der Waals surface area contributed by atoms with Crippen LogP contribution in [-0.4, -0.2) is 12.5 Å². The van der Waals surface area contributed by atoms with Crippen LogP contribution < -0.4 is 10.1 Å². The average Bonchev–Trinajstić information content (AvgIpc) is 2.38. The Hall–Kier alpha value is -2.07. The van der Waals surface area contributed by atoms with Crippen LogP contribution in [0.2, 0.25) is 5.02 Å². The van der Waals surface area contributed by atoms with Crippen molar-refractivity contribution in [2.24, 2.45) is 0 Å². The molecule has 0 aromatic heterocycles. The molecule has 0 aliphatic carbocycles. The van der Waals surface area contributed by atoms with Crippen molar-refractivity contribution in [3.05, 3.63) is 59.4 Å². The standard InChI is InChI=1S/C14H11ClFNO2/c15-10-4-6-13(7-5-10)19-9-14(18)17-12-3-1-2-11(16)8-12/h1-8H,9H2,(H,17,18). The predicted octanol–water partition coefficient (Wildman–Crippen LogP) is 3.50. The fraction of sp³-hybridized carbons (Fsp3) is 0.0714. The minimum absolute atomic E-state index is 0.155. The molecule has 5 heteroatoms. The summed E-state index contributed by atoms with van der Waals surface area (Å²) in [6.07, 6.45) is 0. The molecule has 0 bridgehead atoms. The lowest BCUT2D eigenvalue weighted by Crippen LogP contribution is -2.20. The summed E-state index contributed by atoms with van der Waals surface area (Å²) in [5, 5.41) is 3.13. The Morgan fingerprint density at radius 3 is 2.63 bits per heavy atom. The van der Waals surface area contributed by atoms with Crippen molar-refractivity contribution >= 4 is 23.2 Å². The van der Waals surface area contributed by atoms with E-state index in [1.165, 1.54) is 18.2 Å². The third-order valence-corrected chi connectivity index (χ3v) is 2.54. The van der Waals surface area contributed by atoms with Gasteiger partial charge in [0.25, 0.3) is 5.91 Å². The van der Waals surface area contributed by atoms with E-state index in [0.717, 1.165) is 0 Å². The van der Waals surface area contributed by atoms with E-state index in [4.69, 9.17) is 16.3 Å². The van der Waals surface area contributed by atoms with Crippen LogP contribution in [0.15, 0.2) is 48.5 Å². The zero-order valence-corrected chi connectivity index (χ0v) is 10.7. The fourth-order valence-corrected chi connectivity index (χ4v) is 1.57. The topological polar surface area (TPSA) is 38.3 Å². The maximum absolute atomic E-state index is 12.9. The molecule has 0 spiro atoms. The second-order valence-electron chi connectivity index (χ2n) is 3.80. The molecule has 0 atom stereocenters. The van der Waals surface area contributed by atoms with Crippen LogP contribution in [0.3, 0.4) is 0 Å². The third kappa shape index (κ3) is 4.26. The maximum Gasteiger partial charge on any atom is 0.262 e. The first-order valence-corrected chi connectivity index (χ1v) is 5.95. The second kappa shape index (κ2) is 6.20. The van der Waals surface area contributed by atoms with Crippen molar-refractivity contribution < 1.29 is 13.9 Å². The first kappa shape index (κ1) is 13.4. The lowest BCUT2D eigenvalue weighted by atomic mass is 10.3. The van der Waals surface area contributed by atoms with Gasteiger partial charge in [0.05, 0.1) is 0 Å². The van der Waals surface area contributed by atoms with Gasteiger partial charge in [0.2, 0.25) is 0 Å². The van der Waals surface area contributed by atoms with Crippen LogP contribution >= 0.6 is 11.6 Å². The number of hydrogen-bond donors (Lipinski definition) is 1. The molecule has 0 aliphatic heterocycles. The SMILES string of the molecule is O=C(COc1ccc(Cl)cc1)Nc1cccc(F)c1. The molecule has 3 nitrogen and oxygen atoms in total. The van der Waals surface area contributed by atoms with Crippen molar-refractivity contribution in [3.8, 4) is 5.75 Å². The number of benzene rings is 2. The second-order valence-corrected chi connectivity index (χ2v) is 4.24. The summed E-state index contributed by atoms with van der Waals surface area (Å²) in [6, 6.07) is 12.3. The van der Waals surface area contributed by atoms with Crippen LogP contribution in [0.25, 0.3) is 0 Å². The summed E-state index contributed by atoms with van der Waals surface area (Å²) in [5.41, 5.74) is 0.393. The van der Waals surface area contributed by atoms with Crippen LogP contribution in [0.5, 0.6) is 5.75 Å². The van der Waals surface area contributed by atoms with Crippen molar-refractivity contribution in [2.45, 2.75) is 0 Å². The van der Waals surface area contributed by atoms with E-state index >= 15 is 0 Å². The molecule has 1 amide bonds. The van der Waals surface area contributed by atoms with E-state index in [9.17, 15) is 9.18 Å². The van der Waals surface area contributed by atoms with E-state index in [1.807, 2.05) is 0 Å². The summed E-state index contributed by atoms with van der Waals surface area (Å²) >= 11 is 5.73. The zero-order valence-electron chi connectivity index (χ0n) is 9.90. The molecule has 98 valence electrons. The van der Waals surface area contributed by atoms with Gasteiger partial charge in [-0.25, -0.2) is 4.39 Å². The van der Waals surface area contributed by atoms with Crippen LogP contribution in [-0.2, 0) is 4.79 Å². The molecule has 1 N–H and O–H groups in total. The van der Waals surface area contributed by atoms with Gasteiger partial charge in [-0.1, -0.05) is 17.7 Å². The predicted molar refractivity (Wildman–Crippen MR) is 72.0 cm³/mol. The Labute approximate surface area is 115 Å². The Morgan fingerprint density at radius 1 is 1.21 bits per heavy atom. The van der Waals surface area contributed by atoms with Crippen molar-refractivity contribution in [2.75, 3.05) is 11.9 Å². The van der Waals surface area contributed by atoms with E-state index in [0.29, 0.717) is 16.5 Å². The summed E-state index contributed by atoms with van der Waals surface area (Å²) in [5.74, 6) is -0.226. The molecule has 19 heavy (non-hydrogen) atoms. The van der Waals surface area contributed by atoms with E-state index in [-0.39, 0.29) is 12.5 Å². The smallest absolute Gasteiger partial charge is 0.262 e. The molecule has 2 aromatic rings. The molecular weight excluding hydrogens is 269 g/mol. The quantitative estimate of drug-likeness (QED) is 0.930. The lowest BCUT2D eigenvalue weighted by molar-refractivity contribution is -0.118. The number of anilines is 1. The van der Waals surface area contributed by atoms with Crippen molar-refractivity contribution in [3.63, 3.8) is 0 Å². The number of carbonyl (C=O) groups excluding carboxylic acids is 1. The summed E-state index contributed by atoms with van der Waals surface area (Å²) in [4.78, 5) is 11.6. The highest BCUT2D eigenvalue weighted by atomic mass is 35.5. The van der Waals surface area contributed by atoms with Gasteiger partial charge in [-0.2, -0.15) is 0 Å². The number of carbonyl (C=O) groups is 1. The normalized spacial score (nSPS) is 10.0. The van der Waals surface area contributed by atoms with E-state index in [1.54, 1.807) is 30.3 Å². The molecule has 0 radical (unpaired) electrons. The van der Waals surface area contributed by atoms with Gasteiger partial charge < -0.3 is 10.1 Å². The molecule has 0 saturated carbocycles. The molecule has 0 saturated heterocycles. The van der Waals surface area contributed by atoms with E-state index in [2.05, 4.69) is 5.32 Å². The minimum atomic E-state index is -0.406. The van der Waals surface area contributed by atoms with Crippen molar-refractivity contribution in [1.29, 1.82) is 0 Å². The average molecular weight is 280 g/mol. The van der Waals surface area contributed by atoms with Gasteiger partial charge >= 0.3 is 0 Å². The number of amides is 1. The molecule has 0 aliphatic rings. The zero-order chi connectivity index (χ0) is 13.7. The number of nitrogens with one attached hydrogen (secondary N) is 1. The molecule has 0 heterocycles. The highest BCUT2D eigenvalue weighted by molar-refractivity contribution is 6.30. The molecule has 0 unspecified atom stereocenters. The fourth-order valence-electron chi connectivity index (χ4n) is 1.44. The van der Waals surface area contributed by atoms with Gasteiger partial charge in [0, 0.05) is 10.7 Å². The Balaban J connectivity index is 1.86. The Morgan fingerprint density at radius 2 is 1.95 bits per heavy atom. The van der Waals surface area contributed by atoms with Crippen molar-refractivity contribution in [1.82, 2.24) is 0 Å². The van der Waals surface area contributed by atoms with Gasteiger partial charge in [0.15, 0.2) is 6.61 Å². The largest absolute Gasteiger partial charge is 0.484 e. The minimum Gasteiger partial charge on any atom is -0.484 e. The van der Waals surface area contributed by atoms with E-state index < -0.39 is 5.82 Å². The highest BCUT2D eigenvalue weighted by Gasteiger charge is 2.04. The summed E-state index contributed by atoms with van der Waals surface area (Å²) in [6.45, 7) is -0.155. The molecular formula is C14H11ClFNO2. The van der Waals surface area contributed by atoms with Crippen LogP contribution in [0, 0.1) is 5.82 Å². The number of rotatable bonds is 4. The van der Waals surface area contributed by atoms with Gasteiger partial charge in [-0.15, -0.1) is 0 Å². The number of hydrogen-bond acceptors (Lipinski definition) is 2. The summed E-state index contributed by atoms with van der Waals surface area (Å²) in [7, 11) is 0. The van der Waals surface area contributed by atoms with Gasteiger partial charge in [0.1, 0.15) is 11.6 Å². The Bertz CT molecular complexity index is 572. The summed E-state index contributed by atoms with van der Waals surface area (Å²) < 4.78 is 18.2. The van der Waals surface area contributed by atoms with Crippen LogP contribution in [0.1, 0.15) is 0 Å². The Kier molecular flexibility index (Phi) is 4.36. The lowest BCUT2D eigenvalue weighted by Gasteiger charge is -2.07.